The minimum absolute atomic E-state index is 0.0136. The van der Waals surface area contributed by atoms with E-state index in [1.807, 2.05) is 6.07 Å². The summed E-state index contributed by atoms with van der Waals surface area (Å²) in [7, 11) is 1.64. The van der Waals surface area contributed by atoms with Crippen molar-refractivity contribution in [1.82, 2.24) is 4.90 Å². The number of benzene rings is 2. The predicted octanol–water partition coefficient (Wildman–Crippen LogP) is 3.26. The molecule has 1 spiro atoms. The second-order valence-corrected chi connectivity index (χ2v) is 7.69. The van der Waals surface area contributed by atoms with Gasteiger partial charge in [0.2, 0.25) is 5.76 Å². The van der Waals surface area contributed by atoms with Crippen LogP contribution >= 0.6 is 0 Å². The van der Waals surface area contributed by atoms with E-state index in [4.69, 9.17) is 8.83 Å². The highest BCUT2D eigenvalue weighted by Crippen LogP contribution is 2.52. The van der Waals surface area contributed by atoms with Crippen LogP contribution in [0.1, 0.15) is 27.4 Å². The number of fused-ring (bicyclic) bond motifs is 5. The zero-order chi connectivity index (χ0) is 21.3. The van der Waals surface area contributed by atoms with E-state index in [2.05, 4.69) is 0 Å². The molecule has 4 heterocycles. The highest BCUT2D eigenvalue weighted by Gasteiger charge is 2.64. The van der Waals surface area contributed by atoms with E-state index in [1.54, 1.807) is 61.6 Å². The normalized spacial score (nSPS) is 19.5. The van der Waals surface area contributed by atoms with Gasteiger partial charge in [-0.05, 0) is 30.3 Å². The fourth-order valence-corrected chi connectivity index (χ4v) is 4.82. The Bertz CT molecular complexity index is 1450. The highest BCUT2D eigenvalue weighted by atomic mass is 16.4. The van der Waals surface area contributed by atoms with Gasteiger partial charge in [-0.3, -0.25) is 14.4 Å². The summed E-state index contributed by atoms with van der Waals surface area (Å²) in [6.07, 6.45) is 1.50. The molecule has 1 atom stereocenters. The molecule has 6 rings (SSSR count). The molecule has 152 valence electrons. The summed E-state index contributed by atoms with van der Waals surface area (Å²) in [5, 5.41) is 0.327. The van der Waals surface area contributed by atoms with Crippen LogP contribution in [0, 0.1) is 0 Å². The van der Waals surface area contributed by atoms with Gasteiger partial charge >= 0.3 is 0 Å². The number of likely N-dealkylation sites (N-methyl/N-ethyl adjacent to an activating group) is 1. The number of carbonyl (C=O) groups excluding carboxylic acids is 2. The first-order chi connectivity index (χ1) is 15.0. The molecule has 4 aromatic rings. The van der Waals surface area contributed by atoms with E-state index in [0.717, 1.165) is 0 Å². The van der Waals surface area contributed by atoms with Crippen LogP contribution < -0.4 is 10.3 Å². The average Bonchev–Trinajstić information content (AvgIpc) is 3.45. The van der Waals surface area contributed by atoms with E-state index in [1.165, 1.54) is 16.1 Å². The van der Waals surface area contributed by atoms with Crippen LogP contribution in [0.3, 0.4) is 0 Å². The van der Waals surface area contributed by atoms with Gasteiger partial charge in [-0.2, -0.15) is 0 Å². The van der Waals surface area contributed by atoms with Crippen LogP contribution in [-0.2, 0) is 16.9 Å². The molecule has 2 aliphatic rings. The monoisotopic (exact) mass is 412 g/mol. The Morgan fingerprint density at radius 3 is 2.52 bits per heavy atom. The molecule has 0 fully saturated rings. The van der Waals surface area contributed by atoms with Crippen molar-refractivity contribution in [3.63, 3.8) is 0 Å². The van der Waals surface area contributed by atoms with Crippen molar-refractivity contribution < 1.29 is 18.4 Å². The van der Waals surface area contributed by atoms with E-state index in [0.29, 0.717) is 28.0 Å². The van der Waals surface area contributed by atoms with Gasteiger partial charge in [0.1, 0.15) is 11.3 Å². The molecule has 0 N–H and O–H groups in total. The highest BCUT2D eigenvalue weighted by molar-refractivity contribution is 6.16. The summed E-state index contributed by atoms with van der Waals surface area (Å²) < 4.78 is 11.4. The summed E-state index contributed by atoms with van der Waals surface area (Å²) in [6, 6.07) is 17.4. The molecule has 2 aliphatic heterocycles. The first-order valence-corrected chi connectivity index (χ1v) is 9.83. The van der Waals surface area contributed by atoms with Crippen LogP contribution in [-0.4, -0.2) is 23.8 Å². The summed E-state index contributed by atoms with van der Waals surface area (Å²) in [5.41, 5.74) is -0.416. The Labute approximate surface area is 176 Å². The van der Waals surface area contributed by atoms with E-state index in [9.17, 15) is 14.4 Å². The van der Waals surface area contributed by atoms with Crippen LogP contribution in [0.2, 0.25) is 0 Å². The van der Waals surface area contributed by atoms with Crippen LogP contribution in [0.25, 0.3) is 11.0 Å². The molecule has 7 heteroatoms. The maximum absolute atomic E-state index is 13.8. The lowest BCUT2D eigenvalue weighted by atomic mass is 9.84. The summed E-state index contributed by atoms with van der Waals surface area (Å²) in [4.78, 5) is 44.1. The Kier molecular flexibility index (Phi) is 3.40. The summed E-state index contributed by atoms with van der Waals surface area (Å²) >= 11 is 0. The molecular weight excluding hydrogens is 396 g/mol. The summed E-state index contributed by atoms with van der Waals surface area (Å²) in [5.74, 6) is -0.506. The molecular formula is C24H16N2O5. The van der Waals surface area contributed by atoms with E-state index in [-0.39, 0.29) is 29.2 Å². The summed E-state index contributed by atoms with van der Waals surface area (Å²) in [6.45, 7) is 0.0136. The van der Waals surface area contributed by atoms with Crippen LogP contribution in [0.4, 0.5) is 5.69 Å². The Hall–Kier alpha value is -4.13. The minimum Gasteiger partial charge on any atom is -0.467 e. The van der Waals surface area contributed by atoms with Crippen LogP contribution in [0.5, 0.6) is 0 Å². The Balaban J connectivity index is 1.75. The van der Waals surface area contributed by atoms with Crippen molar-refractivity contribution in [1.29, 1.82) is 0 Å². The number of para-hydroxylation sites is 2. The molecule has 0 saturated carbocycles. The van der Waals surface area contributed by atoms with Gasteiger partial charge < -0.3 is 18.6 Å². The third kappa shape index (κ3) is 2.05. The number of amides is 2. The number of carbonyl (C=O) groups is 2. The predicted molar refractivity (Wildman–Crippen MR) is 112 cm³/mol. The third-order valence-corrected chi connectivity index (χ3v) is 6.17. The number of hydrogen-bond acceptors (Lipinski definition) is 5. The van der Waals surface area contributed by atoms with Gasteiger partial charge in [0, 0.05) is 18.3 Å². The minimum atomic E-state index is -1.62. The lowest BCUT2D eigenvalue weighted by Crippen LogP contribution is -2.52. The number of nitrogens with zero attached hydrogens (tertiary/aromatic N) is 2. The zero-order valence-electron chi connectivity index (χ0n) is 16.5. The molecule has 0 bridgehead atoms. The second-order valence-electron chi connectivity index (χ2n) is 7.69. The lowest BCUT2D eigenvalue weighted by Gasteiger charge is -2.33. The van der Waals surface area contributed by atoms with Crippen molar-refractivity contribution in [2.24, 2.45) is 0 Å². The fourth-order valence-electron chi connectivity index (χ4n) is 4.82. The molecule has 0 unspecified atom stereocenters. The van der Waals surface area contributed by atoms with Gasteiger partial charge in [-0.25, -0.2) is 0 Å². The molecule has 2 aromatic heterocycles. The molecule has 2 amide bonds. The molecule has 2 aromatic carbocycles. The number of rotatable bonds is 2. The smallest absolute Gasteiger partial charge is 0.291 e. The molecule has 0 aliphatic carbocycles. The largest absolute Gasteiger partial charge is 0.467 e. The fraction of sp³-hybridized carbons (Fsp3) is 0.125. The van der Waals surface area contributed by atoms with Crippen molar-refractivity contribution in [3.05, 3.63) is 99.8 Å². The molecule has 7 nitrogen and oxygen atoms in total. The molecule has 0 saturated heterocycles. The van der Waals surface area contributed by atoms with Crippen molar-refractivity contribution in [2.75, 3.05) is 11.9 Å². The Morgan fingerprint density at radius 1 is 0.935 bits per heavy atom. The third-order valence-electron chi connectivity index (χ3n) is 6.17. The lowest BCUT2D eigenvalue weighted by molar-refractivity contribution is -0.126. The zero-order valence-corrected chi connectivity index (χ0v) is 16.5. The average molecular weight is 412 g/mol. The standard InChI is InChI=1S/C24H16N2O5/c1-25-17-10-4-3-9-16(17)24(23(25)29)19-20(27)15-8-2-5-11-18(15)31-21(19)22(28)26(24)13-14-7-6-12-30-14/h2-12H,13H2,1H3/t24-/m0/s1. The topological polar surface area (TPSA) is 84.0 Å². The first kappa shape index (κ1) is 17.7. The van der Waals surface area contributed by atoms with Gasteiger partial charge in [-0.1, -0.05) is 30.3 Å². The first-order valence-electron chi connectivity index (χ1n) is 9.83. The van der Waals surface area contributed by atoms with Crippen molar-refractivity contribution >= 4 is 28.5 Å². The maximum atomic E-state index is 13.8. The van der Waals surface area contributed by atoms with Crippen LogP contribution in [0.15, 0.2) is 80.6 Å². The van der Waals surface area contributed by atoms with Crippen molar-refractivity contribution in [2.45, 2.75) is 12.1 Å². The maximum Gasteiger partial charge on any atom is 0.291 e. The second kappa shape index (κ2) is 5.95. The molecule has 31 heavy (non-hydrogen) atoms. The number of hydrogen-bond donors (Lipinski definition) is 0. The Morgan fingerprint density at radius 2 is 1.71 bits per heavy atom. The molecule has 0 radical (unpaired) electrons. The number of furan rings is 1. The quantitative estimate of drug-likeness (QED) is 0.505. The number of anilines is 1. The van der Waals surface area contributed by atoms with Gasteiger partial charge in [-0.15, -0.1) is 0 Å². The van der Waals surface area contributed by atoms with E-state index < -0.39 is 11.4 Å². The SMILES string of the molecule is CN1C(=O)[C@]2(c3ccccc31)c1c(oc3ccccc3c1=O)C(=O)N2Cc1ccco1. The van der Waals surface area contributed by atoms with E-state index >= 15 is 0 Å². The van der Waals surface area contributed by atoms with Gasteiger partial charge in [0.15, 0.2) is 11.0 Å². The van der Waals surface area contributed by atoms with Crippen molar-refractivity contribution in [3.8, 4) is 0 Å². The van der Waals surface area contributed by atoms with Gasteiger partial charge in [0.05, 0.1) is 23.8 Å². The van der Waals surface area contributed by atoms with Gasteiger partial charge in [0.25, 0.3) is 11.8 Å².